The smallest absolute Gasteiger partial charge is 0.503 e. The number of aryl methyl sites for hydroxylation is 2. The second-order valence-electron chi connectivity index (χ2n) is 16.7. The minimum absolute atomic E-state index is 0. The molecule has 0 amide bonds. The Kier molecular flexibility index (Phi) is 8.86. The fraction of sp³-hybridized carbons (Fsp3) is 0.255. The molecule has 57 heavy (non-hydrogen) atoms. The first-order valence-corrected chi connectivity index (χ1v) is 20.2. The molecule has 0 aliphatic heterocycles. The summed E-state index contributed by atoms with van der Waals surface area (Å²) >= 11 is 0. The van der Waals surface area contributed by atoms with Crippen LogP contribution in [-0.2, 0) is 26.5 Å². The van der Waals surface area contributed by atoms with Gasteiger partial charge in [-0.3, -0.25) is 4.98 Å². The first kappa shape index (κ1) is 36.1. The van der Waals surface area contributed by atoms with Crippen LogP contribution in [0.2, 0.25) is 0 Å². The van der Waals surface area contributed by atoms with Crippen LogP contribution in [0.5, 0.6) is 11.5 Å². The molecule has 0 N–H and O–H groups in total. The molecule has 0 saturated heterocycles. The van der Waals surface area contributed by atoms with Gasteiger partial charge in [0.2, 0.25) is 0 Å². The number of nitrogens with zero attached hydrogens (tertiary/aromatic N) is 4. The quantitative estimate of drug-likeness (QED) is 0.150. The number of rotatable bonds is 7. The zero-order chi connectivity index (χ0) is 37.5. The molecule has 4 saturated carbocycles. The van der Waals surface area contributed by atoms with E-state index in [4.69, 9.17) is 9.72 Å². The summed E-state index contributed by atoms with van der Waals surface area (Å²) in [5, 5.41) is 2.30. The number of hydrogen-bond donors (Lipinski definition) is 0. The van der Waals surface area contributed by atoms with Crippen molar-refractivity contribution in [3.05, 3.63) is 168 Å². The summed E-state index contributed by atoms with van der Waals surface area (Å²) in [6.45, 7) is 6.87. The maximum absolute atomic E-state index is 6.56. The van der Waals surface area contributed by atoms with Crippen LogP contribution in [0, 0.1) is 56.6 Å². The summed E-state index contributed by atoms with van der Waals surface area (Å²) in [6, 6.07) is 46.0. The van der Waals surface area contributed by atoms with Gasteiger partial charge in [0.1, 0.15) is 5.82 Å². The Balaban J connectivity index is 0.00000396. The molecule has 3 aromatic heterocycles. The molecular weight excluding hydrogens is 880 g/mol. The zero-order valence-electron chi connectivity index (χ0n) is 32.5. The molecule has 4 aliphatic rings. The van der Waals surface area contributed by atoms with E-state index in [1.165, 1.54) is 65.3 Å². The average molecular weight is 924 g/mol. The van der Waals surface area contributed by atoms with Gasteiger partial charge < -0.3 is 13.9 Å². The molecule has 12 rings (SSSR count). The average Bonchev–Trinajstić information content (AvgIpc) is 3.84. The maximum atomic E-state index is 6.56. The van der Waals surface area contributed by atoms with Gasteiger partial charge in [-0.25, -0.2) is 4.98 Å². The van der Waals surface area contributed by atoms with E-state index in [1.807, 2.05) is 54.9 Å². The number of benzene rings is 5. The predicted molar refractivity (Wildman–Crippen MR) is 224 cm³/mol. The van der Waals surface area contributed by atoms with Crippen molar-refractivity contribution in [3.63, 3.8) is 0 Å². The van der Waals surface area contributed by atoms with Crippen LogP contribution in [0.4, 0.5) is 0 Å². The van der Waals surface area contributed by atoms with Gasteiger partial charge in [0.05, 0.1) is 5.82 Å². The second-order valence-corrected chi connectivity index (χ2v) is 16.7. The molecule has 4 bridgehead atoms. The Morgan fingerprint density at radius 3 is 2.14 bits per heavy atom. The van der Waals surface area contributed by atoms with Gasteiger partial charge >= 0.3 is 21.1 Å². The van der Waals surface area contributed by atoms with Gasteiger partial charge in [0, 0.05) is 46.7 Å². The third kappa shape index (κ3) is 5.76. The Labute approximate surface area is 349 Å². The monoisotopic (exact) mass is 923 g/mol. The van der Waals surface area contributed by atoms with Gasteiger partial charge in [0.25, 0.3) is 0 Å². The Bertz CT molecular complexity index is 2750. The molecule has 4 aliphatic carbocycles. The standard InChI is InChI=1S/C51H44N4O.Pt/c1-32-22-39(23-33(2)34(32)3)51(40-25-35-24-36(27-40)28-41(51)26-35)38-18-19-52-49(30-38)55-47-15-8-7-14-45(47)46-17-16-44(31-48(46)55)56-43-13-9-10-37(29-43)50-53-20-21-54(50)42-11-5-4-6-12-42;/h4-23,30,35-36,40-41H,24-28H2,1-3H3;/q-2;+2. The number of imidazole rings is 1. The zero-order valence-corrected chi connectivity index (χ0v) is 34.8. The minimum atomic E-state index is -0.0266. The number of pyridine rings is 1. The molecule has 0 spiro atoms. The van der Waals surface area contributed by atoms with E-state index in [9.17, 15) is 0 Å². The summed E-state index contributed by atoms with van der Waals surface area (Å²) < 4.78 is 10.9. The predicted octanol–water partition coefficient (Wildman–Crippen LogP) is 12.1. The summed E-state index contributed by atoms with van der Waals surface area (Å²) in [7, 11) is 0. The van der Waals surface area contributed by atoms with Crippen LogP contribution >= 0.6 is 0 Å². The summed E-state index contributed by atoms with van der Waals surface area (Å²) in [5.74, 6) is 5.98. The van der Waals surface area contributed by atoms with Gasteiger partial charge in [-0.15, -0.1) is 41.3 Å². The number of fused-ring (bicyclic) bond motifs is 3. The molecule has 0 atom stereocenters. The van der Waals surface area contributed by atoms with E-state index in [0.717, 1.165) is 51.1 Å². The fourth-order valence-corrected chi connectivity index (χ4v) is 11.3. The second kappa shape index (κ2) is 14.0. The third-order valence-electron chi connectivity index (χ3n) is 13.7. The van der Waals surface area contributed by atoms with Crippen molar-refractivity contribution >= 4 is 21.8 Å². The van der Waals surface area contributed by atoms with Crippen molar-refractivity contribution in [2.75, 3.05) is 0 Å². The minimum Gasteiger partial charge on any atom is -0.503 e. The van der Waals surface area contributed by atoms with Crippen molar-refractivity contribution in [1.29, 1.82) is 0 Å². The summed E-state index contributed by atoms with van der Waals surface area (Å²) in [4.78, 5) is 9.82. The van der Waals surface area contributed by atoms with E-state index < -0.39 is 0 Å². The number of ether oxygens (including phenoxy) is 1. The van der Waals surface area contributed by atoms with Crippen LogP contribution in [-0.4, -0.2) is 19.1 Å². The molecule has 0 unspecified atom stereocenters. The van der Waals surface area contributed by atoms with Crippen LogP contribution in [0.1, 0.15) is 59.9 Å². The van der Waals surface area contributed by atoms with Crippen LogP contribution in [0.25, 0.3) is 44.7 Å². The van der Waals surface area contributed by atoms with E-state index in [-0.39, 0.29) is 26.5 Å². The molecule has 5 nitrogen and oxygen atoms in total. The largest absolute Gasteiger partial charge is 2.00 e. The molecule has 6 heteroatoms. The topological polar surface area (TPSA) is 44.9 Å². The van der Waals surface area contributed by atoms with E-state index >= 15 is 0 Å². The van der Waals surface area contributed by atoms with Gasteiger partial charge in [-0.2, -0.15) is 6.07 Å². The van der Waals surface area contributed by atoms with E-state index in [2.05, 4.69) is 120 Å². The Morgan fingerprint density at radius 1 is 0.649 bits per heavy atom. The molecule has 8 aromatic rings. The fourth-order valence-electron chi connectivity index (χ4n) is 11.3. The Morgan fingerprint density at radius 2 is 1.37 bits per heavy atom. The number of hydrogen-bond acceptors (Lipinski definition) is 3. The molecule has 4 fully saturated rings. The van der Waals surface area contributed by atoms with Crippen molar-refractivity contribution in [2.24, 2.45) is 23.7 Å². The molecule has 5 aromatic carbocycles. The van der Waals surface area contributed by atoms with E-state index in [0.29, 0.717) is 23.3 Å². The van der Waals surface area contributed by atoms with Gasteiger partial charge in [-0.1, -0.05) is 60.1 Å². The first-order valence-electron chi connectivity index (χ1n) is 20.2. The summed E-state index contributed by atoms with van der Waals surface area (Å²) in [6.07, 6.45) is 12.6. The first-order chi connectivity index (χ1) is 27.4. The number of para-hydroxylation sites is 2. The van der Waals surface area contributed by atoms with Gasteiger partial charge in [0.15, 0.2) is 0 Å². The van der Waals surface area contributed by atoms with Crippen LogP contribution in [0.3, 0.4) is 0 Å². The van der Waals surface area contributed by atoms with Crippen molar-refractivity contribution in [2.45, 2.75) is 58.3 Å². The molecule has 0 radical (unpaired) electrons. The van der Waals surface area contributed by atoms with Crippen molar-refractivity contribution in [1.82, 2.24) is 19.1 Å². The van der Waals surface area contributed by atoms with E-state index in [1.54, 1.807) is 0 Å². The number of aromatic nitrogens is 4. The third-order valence-corrected chi connectivity index (χ3v) is 13.7. The SMILES string of the molecule is Cc1cc(C2(c3ccnc(-n4c5[c-]c(Oc6[c-]c(-c7nccn7-c7ccccc7)ccc6)ccc5c5ccccc54)c3)C3CC4CC(C3)CC2C4)cc(C)c1C.[Pt+2]. The van der Waals surface area contributed by atoms with Crippen molar-refractivity contribution in [3.8, 4) is 34.4 Å². The van der Waals surface area contributed by atoms with Crippen LogP contribution in [0.15, 0.2) is 128 Å². The van der Waals surface area contributed by atoms with Crippen molar-refractivity contribution < 1.29 is 25.8 Å². The Hall–Kier alpha value is -5.25. The molecule has 284 valence electrons. The van der Waals surface area contributed by atoms with Crippen LogP contribution < -0.4 is 4.74 Å². The molecule has 3 heterocycles. The normalized spacial score (nSPS) is 22.2. The summed E-state index contributed by atoms with van der Waals surface area (Å²) in [5.41, 5.74) is 11.1. The van der Waals surface area contributed by atoms with Gasteiger partial charge in [-0.05, 0) is 140 Å². The maximum Gasteiger partial charge on any atom is 2.00 e. The molecular formula is C51H44N4OPt.